The van der Waals surface area contributed by atoms with Crippen LogP contribution in [0.15, 0.2) is 58.9 Å². The molecule has 2 aromatic carbocycles. The average molecular weight is 439 g/mol. The first-order chi connectivity index (χ1) is 15.0. The van der Waals surface area contributed by atoms with Crippen molar-refractivity contribution in [3.63, 3.8) is 0 Å². The lowest BCUT2D eigenvalue weighted by molar-refractivity contribution is 0.0929. The van der Waals surface area contributed by atoms with Gasteiger partial charge in [0.15, 0.2) is 4.80 Å². The van der Waals surface area contributed by atoms with Crippen LogP contribution in [0.4, 0.5) is 5.69 Å². The van der Waals surface area contributed by atoms with E-state index in [1.165, 1.54) is 22.5 Å². The summed E-state index contributed by atoms with van der Waals surface area (Å²) in [6.45, 7) is 7.59. The summed E-state index contributed by atoms with van der Waals surface area (Å²) in [4.78, 5) is 18.8. The first-order valence-electron chi connectivity index (χ1n) is 10.8. The van der Waals surface area contributed by atoms with E-state index >= 15 is 0 Å². The van der Waals surface area contributed by atoms with E-state index in [1.807, 2.05) is 47.2 Å². The van der Waals surface area contributed by atoms with Gasteiger partial charge in [-0.2, -0.15) is 0 Å². The highest BCUT2D eigenvalue weighted by atomic mass is 32.1. The summed E-state index contributed by atoms with van der Waals surface area (Å²) < 4.78 is 2.05. The standard InChI is InChI=1S/C25H32N4OS.H2/c1-18-14-19(2)16-22(15-18)28-25-29(13-9-5-8-12-26)23(17-31-25)24(30)27-20(3)21-10-6-4-7-11-21;/h4,6-7,10-11,14-17,20H,5,8-9,12-13,26H2,1-3H3,(H,27,30);1H. The third kappa shape index (κ3) is 6.39. The largest absolute Gasteiger partial charge is 0.344 e. The van der Waals surface area contributed by atoms with Crippen LogP contribution in [-0.4, -0.2) is 17.0 Å². The number of nitrogens with two attached hydrogens (primary N) is 1. The summed E-state index contributed by atoms with van der Waals surface area (Å²) >= 11 is 1.51. The summed E-state index contributed by atoms with van der Waals surface area (Å²) in [7, 11) is 0. The van der Waals surface area contributed by atoms with E-state index in [4.69, 9.17) is 10.7 Å². The predicted molar refractivity (Wildman–Crippen MR) is 131 cm³/mol. The average Bonchev–Trinajstić information content (AvgIpc) is 3.13. The van der Waals surface area contributed by atoms with Gasteiger partial charge in [-0.1, -0.05) is 42.8 Å². The Balaban J connectivity index is 0.00000363. The minimum absolute atomic E-state index is 0. The maximum atomic E-state index is 13.1. The maximum absolute atomic E-state index is 13.1. The lowest BCUT2D eigenvalue weighted by Gasteiger charge is -2.15. The van der Waals surface area contributed by atoms with Crippen LogP contribution >= 0.6 is 11.3 Å². The van der Waals surface area contributed by atoms with Crippen LogP contribution in [-0.2, 0) is 6.54 Å². The lowest BCUT2D eigenvalue weighted by atomic mass is 10.1. The van der Waals surface area contributed by atoms with Gasteiger partial charge >= 0.3 is 0 Å². The third-order valence-corrected chi connectivity index (χ3v) is 6.06. The quantitative estimate of drug-likeness (QED) is 0.447. The van der Waals surface area contributed by atoms with Crippen LogP contribution in [0.1, 0.15) is 60.8 Å². The minimum atomic E-state index is -0.0756. The number of aromatic nitrogens is 1. The number of nitrogens with one attached hydrogen (secondary N) is 1. The Morgan fingerprint density at radius 2 is 1.84 bits per heavy atom. The van der Waals surface area contributed by atoms with E-state index in [0.29, 0.717) is 12.2 Å². The molecule has 3 N–H and O–H groups in total. The van der Waals surface area contributed by atoms with Gasteiger partial charge in [-0.25, -0.2) is 4.99 Å². The van der Waals surface area contributed by atoms with Gasteiger partial charge in [-0.15, -0.1) is 11.3 Å². The molecular formula is C25H34N4OS. The second-order valence-electron chi connectivity index (χ2n) is 7.97. The number of rotatable bonds is 9. The molecular weight excluding hydrogens is 404 g/mol. The summed E-state index contributed by atoms with van der Waals surface area (Å²) in [6.07, 6.45) is 2.98. The van der Waals surface area contributed by atoms with Crippen LogP contribution < -0.4 is 15.9 Å². The molecule has 0 aliphatic carbocycles. The highest BCUT2D eigenvalue weighted by Gasteiger charge is 2.17. The summed E-state index contributed by atoms with van der Waals surface area (Å²) in [5.74, 6) is -0.0756. The fraction of sp³-hybridized carbons (Fsp3) is 0.360. The van der Waals surface area contributed by atoms with Crippen LogP contribution in [0, 0.1) is 13.8 Å². The molecule has 6 heteroatoms. The van der Waals surface area contributed by atoms with Crippen molar-refractivity contribution >= 4 is 22.9 Å². The molecule has 1 heterocycles. The smallest absolute Gasteiger partial charge is 0.269 e. The van der Waals surface area contributed by atoms with E-state index in [9.17, 15) is 4.79 Å². The summed E-state index contributed by atoms with van der Waals surface area (Å²) in [5, 5.41) is 5.05. The van der Waals surface area contributed by atoms with E-state index in [1.54, 1.807) is 0 Å². The zero-order valence-corrected chi connectivity index (χ0v) is 19.4. The van der Waals surface area contributed by atoms with Gasteiger partial charge in [0.25, 0.3) is 5.91 Å². The molecule has 0 aliphatic rings. The number of carbonyl (C=O) groups is 1. The molecule has 0 saturated carbocycles. The van der Waals surface area contributed by atoms with Gasteiger partial charge in [0.2, 0.25) is 0 Å². The molecule has 1 aromatic heterocycles. The number of unbranched alkanes of at least 4 members (excludes halogenated alkanes) is 2. The molecule has 31 heavy (non-hydrogen) atoms. The van der Waals surface area contributed by atoms with Crippen molar-refractivity contribution < 1.29 is 6.22 Å². The molecule has 1 unspecified atom stereocenters. The topological polar surface area (TPSA) is 72.4 Å². The first kappa shape index (κ1) is 23.0. The number of hydrogen-bond donors (Lipinski definition) is 2. The summed E-state index contributed by atoms with van der Waals surface area (Å²) in [6, 6.07) is 16.2. The number of thiazole rings is 1. The molecule has 0 spiro atoms. The van der Waals surface area contributed by atoms with Crippen LogP contribution in [0.25, 0.3) is 0 Å². The van der Waals surface area contributed by atoms with Crippen molar-refractivity contribution in [2.24, 2.45) is 10.7 Å². The molecule has 0 aliphatic heterocycles. The lowest BCUT2D eigenvalue weighted by Crippen LogP contribution is -2.31. The van der Waals surface area contributed by atoms with Crippen molar-refractivity contribution in [2.75, 3.05) is 6.54 Å². The van der Waals surface area contributed by atoms with E-state index in [0.717, 1.165) is 41.9 Å². The van der Waals surface area contributed by atoms with Crippen LogP contribution in [0.3, 0.4) is 0 Å². The predicted octanol–water partition coefficient (Wildman–Crippen LogP) is 5.26. The molecule has 0 saturated heterocycles. The van der Waals surface area contributed by atoms with Gasteiger partial charge in [0, 0.05) is 13.4 Å². The van der Waals surface area contributed by atoms with Crippen LogP contribution in [0.5, 0.6) is 0 Å². The summed E-state index contributed by atoms with van der Waals surface area (Å²) in [5.41, 5.74) is 10.7. The maximum Gasteiger partial charge on any atom is 0.269 e. The monoisotopic (exact) mass is 438 g/mol. The van der Waals surface area contributed by atoms with Gasteiger partial charge < -0.3 is 15.6 Å². The van der Waals surface area contributed by atoms with Gasteiger partial charge in [-0.05, 0) is 69.0 Å². The van der Waals surface area contributed by atoms with Gasteiger partial charge in [-0.3, -0.25) is 4.79 Å². The Kier molecular flexibility index (Phi) is 8.20. The molecule has 166 valence electrons. The van der Waals surface area contributed by atoms with E-state index in [-0.39, 0.29) is 13.4 Å². The first-order valence-corrected chi connectivity index (χ1v) is 11.7. The highest BCUT2D eigenvalue weighted by Crippen LogP contribution is 2.18. The Morgan fingerprint density at radius 3 is 2.52 bits per heavy atom. The molecule has 3 rings (SSSR count). The van der Waals surface area contributed by atoms with Crippen molar-refractivity contribution in [2.45, 2.75) is 52.6 Å². The zero-order chi connectivity index (χ0) is 22.2. The Hall–Kier alpha value is -2.70. The van der Waals surface area contributed by atoms with Crippen molar-refractivity contribution in [3.8, 4) is 0 Å². The molecule has 1 atom stereocenters. The normalized spacial score (nSPS) is 12.7. The minimum Gasteiger partial charge on any atom is -0.344 e. The molecule has 0 fully saturated rings. The third-order valence-electron chi connectivity index (χ3n) is 5.19. The molecule has 0 bridgehead atoms. The van der Waals surface area contributed by atoms with Gasteiger partial charge in [0.1, 0.15) is 5.69 Å². The number of hydrogen-bond acceptors (Lipinski definition) is 4. The number of amides is 1. The van der Waals surface area contributed by atoms with Crippen molar-refractivity contribution in [3.05, 3.63) is 81.1 Å². The number of benzene rings is 2. The number of nitrogens with zero attached hydrogens (tertiary/aromatic N) is 2. The SMILES string of the molecule is Cc1cc(C)cc(N=c2scc(C(=O)NC(C)c3ccccc3)n2CCCCCN)c1.[HH]. The number of carbonyl (C=O) groups excluding carboxylic acids is 1. The molecule has 5 nitrogen and oxygen atoms in total. The Morgan fingerprint density at radius 1 is 1.13 bits per heavy atom. The molecule has 0 radical (unpaired) electrons. The van der Waals surface area contributed by atoms with E-state index < -0.39 is 0 Å². The highest BCUT2D eigenvalue weighted by molar-refractivity contribution is 7.07. The molecule has 3 aromatic rings. The second-order valence-corrected chi connectivity index (χ2v) is 8.80. The van der Waals surface area contributed by atoms with Crippen LogP contribution in [0.2, 0.25) is 0 Å². The fourth-order valence-electron chi connectivity index (χ4n) is 3.63. The number of aryl methyl sites for hydroxylation is 2. The zero-order valence-electron chi connectivity index (χ0n) is 18.6. The molecule has 1 amide bonds. The van der Waals surface area contributed by atoms with Crippen molar-refractivity contribution in [1.29, 1.82) is 0 Å². The van der Waals surface area contributed by atoms with Crippen molar-refractivity contribution in [1.82, 2.24) is 9.88 Å². The van der Waals surface area contributed by atoms with Gasteiger partial charge in [0.05, 0.1) is 11.7 Å². The Labute approximate surface area is 190 Å². The fourth-order valence-corrected chi connectivity index (χ4v) is 4.56. The van der Waals surface area contributed by atoms with E-state index in [2.05, 4.69) is 37.4 Å². The second kappa shape index (κ2) is 11.1. The Bertz CT molecular complexity index is 1050.